The zero-order valence-corrected chi connectivity index (χ0v) is 15.8. The van der Waals surface area contributed by atoms with Gasteiger partial charge in [0.05, 0.1) is 11.6 Å². The molecule has 1 unspecified atom stereocenters. The summed E-state index contributed by atoms with van der Waals surface area (Å²) in [5.74, 6) is -1.48. The van der Waals surface area contributed by atoms with Crippen molar-refractivity contribution in [3.05, 3.63) is 28.2 Å². The highest BCUT2D eigenvalue weighted by Crippen LogP contribution is 2.36. The molecule has 1 aromatic rings. The Labute approximate surface area is 161 Å². The van der Waals surface area contributed by atoms with Crippen molar-refractivity contribution in [3.8, 4) is 0 Å². The number of amides is 2. The molecule has 0 aromatic heterocycles. The number of anilines is 1. The van der Waals surface area contributed by atoms with Gasteiger partial charge in [-0.05, 0) is 18.2 Å². The van der Waals surface area contributed by atoms with Gasteiger partial charge in [0.25, 0.3) is 3.79 Å². The number of thioether (sulfide) groups is 1. The van der Waals surface area contributed by atoms with Gasteiger partial charge < -0.3 is 0 Å². The minimum Gasteiger partial charge on any atom is -0.282 e. The van der Waals surface area contributed by atoms with Gasteiger partial charge in [0.15, 0.2) is 0 Å². The summed E-state index contributed by atoms with van der Waals surface area (Å²) < 4.78 is -2.06. The number of hydrogen-bond donors (Lipinski definition) is 0. The highest BCUT2D eigenvalue weighted by Gasteiger charge is 2.41. The molecule has 23 heavy (non-hydrogen) atoms. The number of alkyl halides is 3. The molecule has 4 nitrogen and oxygen atoms in total. The average Bonchev–Trinajstić information content (AvgIpc) is 2.68. The number of benzene rings is 1. The van der Waals surface area contributed by atoms with Crippen LogP contribution in [0.15, 0.2) is 18.2 Å². The second kappa shape index (κ2) is 7.38. The number of carbonyl (C=O) groups excluding carboxylic acids is 3. The zero-order chi connectivity index (χ0) is 17.4. The molecule has 1 aromatic carbocycles. The number of halogens is 5. The first kappa shape index (κ1) is 19.2. The maximum atomic E-state index is 12.4. The smallest absolute Gasteiger partial charge is 0.259 e. The van der Waals surface area contributed by atoms with Crippen LogP contribution in [0.2, 0.25) is 10.0 Å². The van der Waals surface area contributed by atoms with E-state index in [9.17, 15) is 14.4 Å². The molecule has 1 atom stereocenters. The van der Waals surface area contributed by atoms with Crippen LogP contribution in [0.25, 0.3) is 0 Å². The van der Waals surface area contributed by atoms with E-state index in [1.165, 1.54) is 18.2 Å². The minimum atomic E-state index is -2.06. The predicted molar refractivity (Wildman–Crippen MR) is 94.8 cm³/mol. The molecule has 2 rings (SSSR count). The van der Waals surface area contributed by atoms with E-state index in [1.807, 2.05) is 0 Å². The minimum absolute atomic E-state index is 0.0386. The first-order valence-electron chi connectivity index (χ1n) is 6.16. The van der Waals surface area contributed by atoms with E-state index in [-0.39, 0.29) is 17.9 Å². The lowest BCUT2D eigenvalue weighted by molar-refractivity contribution is -0.122. The van der Waals surface area contributed by atoms with Gasteiger partial charge in [0.2, 0.25) is 16.9 Å². The molecule has 1 heterocycles. The number of hydrogen-bond acceptors (Lipinski definition) is 4. The van der Waals surface area contributed by atoms with E-state index in [4.69, 9.17) is 58.0 Å². The molecular weight excluding hydrogens is 427 g/mol. The van der Waals surface area contributed by atoms with Gasteiger partial charge in [-0.3, -0.25) is 19.3 Å². The first-order valence-corrected chi connectivity index (χ1v) is 9.04. The van der Waals surface area contributed by atoms with Gasteiger partial charge in [-0.2, -0.15) is 0 Å². The van der Waals surface area contributed by atoms with Crippen LogP contribution in [-0.4, -0.2) is 26.5 Å². The highest BCUT2D eigenvalue weighted by atomic mass is 35.6. The summed E-state index contributed by atoms with van der Waals surface area (Å²) in [5, 5.41) is -0.0957. The van der Waals surface area contributed by atoms with Gasteiger partial charge in [-0.25, -0.2) is 0 Å². The van der Waals surface area contributed by atoms with E-state index in [0.717, 1.165) is 4.90 Å². The number of carbonyl (C=O) groups is 3. The van der Waals surface area contributed by atoms with Gasteiger partial charge in [-0.1, -0.05) is 69.8 Å². The first-order chi connectivity index (χ1) is 10.6. The molecular formula is C13H8Cl5NO3S. The Morgan fingerprint density at radius 1 is 1.17 bits per heavy atom. The van der Waals surface area contributed by atoms with E-state index >= 15 is 0 Å². The van der Waals surface area contributed by atoms with Crippen molar-refractivity contribution in [2.45, 2.75) is 10.2 Å². The van der Waals surface area contributed by atoms with Gasteiger partial charge >= 0.3 is 0 Å². The normalized spacial score (nSPS) is 18.7. The molecule has 1 saturated heterocycles. The molecule has 10 heteroatoms. The largest absolute Gasteiger partial charge is 0.282 e. The fourth-order valence-corrected chi connectivity index (χ4v) is 3.80. The second-order valence-electron chi connectivity index (χ2n) is 4.69. The van der Waals surface area contributed by atoms with E-state index in [2.05, 4.69) is 0 Å². The predicted octanol–water partition coefficient (Wildman–Crippen LogP) is 4.50. The summed E-state index contributed by atoms with van der Waals surface area (Å²) in [4.78, 5) is 37.1. The third-order valence-corrected chi connectivity index (χ3v) is 5.42. The number of imide groups is 1. The lowest BCUT2D eigenvalue weighted by Gasteiger charge is -2.16. The number of rotatable bonds is 3. The lowest BCUT2D eigenvalue weighted by atomic mass is 10.1. The average molecular weight is 436 g/mol. The topological polar surface area (TPSA) is 54.5 Å². The van der Waals surface area contributed by atoms with E-state index in [0.29, 0.717) is 21.8 Å². The zero-order valence-electron chi connectivity index (χ0n) is 11.2. The van der Waals surface area contributed by atoms with E-state index < -0.39 is 26.6 Å². The summed E-state index contributed by atoms with van der Waals surface area (Å²) >= 11 is 28.9. The Hall–Kier alpha value is -0.170. The summed E-state index contributed by atoms with van der Waals surface area (Å²) in [6, 6.07) is 4.42. The fraction of sp³-hybridized carbons (Fsp3) is 0.308. The van der Waals surface area contributed by atoms with Crippen LogP contribution in [0.4, 0.5) is 5.69 Å². The second-order valence-corrected chi connectivity index (χ2v) is 8.84. The quantitative estimate of drug-likeness (QED) is 0.518. The van der Waals surface area contributed by atoms with E-state index in [1.54, 1.807) is 0 Å². The van der Waals surface area contributed by atoms with Crippen LogP contribution in [0.3, 0.4) is 0 Å². The van der Waals surface area contributed by atoms with Crippen molar-refractivity contribution in [2.24, 2.45) is 5.92 Å². The summed E-state index contributed by atoms with van der Waals surface area (Å²) in [6.07, 6.45) is -0.0386. The monoisotopic (exact) mass is 433 g/mol. The molecule has 1 fully saturated rings. The van der Waals surface area contributed by atoms with Crippen LogP contribution in [0, 0.1) is 5.92 Å². The third-order valence-electron chi connectivity index (χ3n) is 2.99. The maximum Gasteiger partial charge on any atom is 0.259 e. The van der Waals surface area contributed by atoms with Crippen molar-refractivity contribution in [3.63, 3.8) is 0 Å². The Bertz CT molecular complexity index is 656. The van der Waals surface area contributed by atoms with Crippen LogP contribution >= 0.6 is 69.8 Å². The van der Waals surface area contributed by atoms with Gasteiger partial charge in [0.1, 0.15) is 0 Å². The molecule has 0 aliphatic carbocycles. The molecule has 0 spiro atoms. The highest BCUT2D eigenvalue weighted by molar-refractivity contribution is 8.14. The lowest BCUT2D eigenvalue weighted by Crippen LogP contribution is -2.31. The maximum absolute atomic E-state index is 12.4. The van der Waals surface area contributed by atoms with Gasteiger partial charge in [0, 0.05) is 22.2 Å². The van der Waals surface area contributed by atoms with Crippen molar-refractivity contribution in [1.29, 1.82) is 0 Å². The molecule has 1 aliphatic heterocycles. The summed E-state index contributed by atoms with van der Waals surface area (Å²) in [5.41, 5.74) is 0.290. The SMILES string of the molecule is O=C1CC(CSC(=O)C(Cl)(Cl)Cl)C(=O)N1c1cc(Cl)cc(Cl)c1. The fourth-order valence-electron chi connectivity index (χ4n) is 2.02. The van der Waals surface area contributed by atoms with Crippen molar-refractivity contribution in [1.82, 2.24) is 0 Å². The molecule has 0 N–H and O–H groups in total. The molecule has 124 valence electrons. The standard InChI is InChI=1S/C13H8Cl5NO3S/c14-7-2-8(15)4-9(3-7)19-10(20)1-6(11(19)21)5-23-12(22)13(16,17)18/h2-4,6H,1,5H2. The Kier molecular flexibility index (Phi) is 6.15. The van der Waals surface area contributed by atoms with Crippen molar-refractivity contribution in [2.75, 3.05) is 10.7 Å². The van der Waals surface area contributed by atoms with Crippen molar-refractivity contribution >= 4 is 92.4 Å². The molecule has 0 saturated carbocycles. The van der Waals surface area contributed by atoms with Crippen molar-refractivity contribution < 1.29 is 14.4 Å². The molecule has 0 bridgehead atoms. The Morgan fingerprint density at radius 3 is 2.26 bits per heavy atom. The van der Waals surface area contributed by atoms with Crippen LogP contribution in [0.1, 0.15) is 6.42 Å². The van der Waals surface area contributed by atoms with Crippen LogP contribution in [0.5, 0.6) is 0 Å². The number of nitrogens with zero attached hydrogens (tertiary/aromatic N) is 1. The third kappa shape index (κ3) is 4.68. The molecule has 1 aliphatic rings. The molecule has 0 radical (unpaired) electrons. The summed E-state index contributed by atoms with van der Waals surface area (Å²) in [6.45, 7) is 0. The van der Waals surface area contributed by atoms with Crippen LogP contribution < -0.4 is 4.90 Å². The van der Waals surface area contributed by atoms with Gasteiger partial charge in [-0.15, -0.1) is 0 Å². The Morgan fingerprint density at radius 2 is 1.74 bits per heavy atom. The molecule has 2 amide bonds. The van der Waals surface area contributed by atoms with Crippen LogP contribution in [-0.2, 0) is 14.4 Å². The Balaban J connectivity index is 2.12. The summed E-state index contributed by atoms with van der Waals surface area (Å²) in [7, 11) is 0.